The van der Waals surface area contributed by atoms with E-state index >= 15 is 0 Å². The number of hydrogen-bond donors (Lipinski definition) is 1. The molecule has 156 valence electrons. The predicted molar refractivity (Wildman–Crippen MR) is 121 cm³/mol. The van der Waals surface area contributed by atoms with Crippen LogP contribution in [0.2, 0.25) is 0 Å². The van der Waals surface area contributed by atoms with Crippen LogP contribution in [0.5, 0.6) is 5.75 Å². The molecule has 0 unspecified atom stereocenters. The molecule has 0 amide bonds. The minimum atomic E-state index is 0.372. The molecular weight excluding hydrogens is 328 g/mol. The van der Waals surface area contributed by atoms with Crippen LogP contribution in [0.4, 0.5) is 0 Å². The molecule has 0 aliphatic carbocycles. The lowest BCUT2D eigenvalue weighted by Crippen LogP contribution is -1.86. The fourth-order valence-corrected chi connectivity index (χ4v) is 3.89. The first-order valence-corrected chi connectivity index (χ1v) is 12.1. The zero-order valence-corrected chi connectivity index (χ0v) is 18.2. The van der Waals surface area contributed by atoms with E-state index in [0.29, 0.717) is 5.75 Å². The number of aromatic hydroxyl groups is 1. The highest BCUT2D eigenvalue weighted by Gasteiger charge is 1.96. The molecule has 0 heterocycles. The molecule has 0 aromatic heterocycles. The Morgan fingerprint density at radius 3 is 1.19 bits per heavy atom. The molecule has 0 radical (unpaired) electrons. The predicted octanol–water partition coefficient (Wildman–Crippen LogP) is 8.98. The topological polar surface area (TPSA) is 20.2 Å². The Balaban J connectivity index is 1.71. The lowest BCUT2D eigenvalue weighted by atomic mass is 10.0. The molecule has 1 heteroatoms. The second-order valence-corrected chi connectivity index (χ2v) is 8.43. The van der Waals surface area contributed by atoms with Gasteiger partial charge in [-0.2, -0.15) is 0 Å². The van der Waals surface area contributed by atoms with Gasteiger partial charge in [0.15, 0.2) is 0 Å². The minimum Gasteiger partial charge on any atom is -0.508 e. The van der Waals surface area contributed by atoms with Crippen molar-refractivity contribution in [3.63, 3.8) is 0 Å². The van der Waals surface area contributed by atoms with E-state index in [1.807, 2.05) is 12.1 Å². The highest BCUT2D eigenvalue weighted by atomic mass is 16.3. The summed E-state index contributed by atoms with van der Waals surface area (Å²) < 4.78 is 0. The number of phenolic OH excluding ortho intramolecular Hbond substituents is 1. The average molecular weight is 375 g/mol. The van der Waals surface area contributed by atoms with Crippen LogP contribution in [-0.4, -0.2) is 5.11 Å². The summed E-state index contributed by atoms with van der Waals surface area (Å²) in [5, 5.41) is 9.28. The van der Waals surface area contributed by atoms with Gasteiger partial charge in [-0.15, -0.1) is 0 Å². The molecule has 1 N–H and O–H groups in total. The van der Waals surface area contributed by atoms with Crippen LogP contribution < -0.4 is 0 Å². The molecule has 0 aliphatic rings. The van der Waals surface area contributed by atoms with Crippen molar-refractivity contribution in [1.82, 2.24) is 0 Å². The van der Waals surface area contributed by atoms with E-state index in [4.69, 9.17) is 0 Å². The van der Waals surface area contributed by atoms with Crippen molar-refractivity contribution in [1.29, 1.82) is 0 Å². The van der Waals surface area contributed by atoms with Crippen molar-refractivity contribution in [3.05, 3.63) is 29.8 Å². The summed E-state index contributed by atoms with van der Waals surface area (Å²) in [6, 6.07) is 7.68. The van der Waals surface area contributed by atoms with Gasteiger partial charge in [-0.25, -0.2) is 0 Å². The van der Waals surface area contributed by atoms with Crippen molar-refractivity contribution in [3.8, 4) is 5.75 Å². The van der Waals surface area contributed by atoms with Gasteiger partial charge in [0.2, 0.25) is 0 Å². The van der Waals surface area contributed by atoms with Crippen LogP contribution in [0.25, 0.3) is 0 Å². The third-order valence-electron chi connectivity index (χ3n) is 5.76. The maximum atomic E-state index is 9.28. The van der Waals surface area contributed by atoms with Crippen LogP contribution in [0, 0.1) is 0 Å². The first-order valence-electron chi connectivity index (χ1n) is 12.1. The van der Waals surface area contributed by atoms with Crippen LogP contribution in [-0.2, 0) is 6.42 Å². The average Bonchev–Trinajstić information content (AvgIpc) is 2.68. The lowest BCUT2D eigenvalue weighted by Gasteiger charge is -2.04. The number of hydrogen-bond acceptors (Lipinski definition) is 1. The molecule has 1 aromatic carbocycles. The zero-order chi connectivity index (χ0) is 19.4. The van der Waals surface area contributed by atoms with Crippen molar-refractivity contribution >= 4 is 0 Å². The number of aryl methyl sites for hydroxylation is 1. The van der Waals surface area contributed by atoms with E-state index in [1.54, 1.807) is 12.1 Å². The number of unbranched alkanes of at least 4 members (excludes halogenated alkanes) is 17. The van der Waals surface area contributed by atoms with E-state index < -0.39 is 0 Å². The Kier molecular flexibility index (Phi) is 16.4. The minimum absolute atomic E-state index is 0.372. The summed E-state index contributed by atoms with van der Waals surface area (Å²) in [4.78, 5) is 0. The highest BCUT2D eigenvalue weighted by molar-refractivity contribution is 5.25. The number of rotatable bonds is 19. The van der Waals surface area contributed by atoms with Crippen LogP contribution >= 0.6 is 0 Å². The largest absolute Gasteiger partial charge is 0.508 e. The quantitative estimate of drug-likeness (QED) is 0.239. The number of phenols is 1. The van der Waals surface area contributed by atoms with Gasteiger partial charge in [-0.05, 0) is 30.5 Å². The van der Waals surface area contributed by atoms with Crippen LogP contribution in [0.15, 0.2) is 24.3 Å². The fraction of sp³-hybridized carbons (Fsp3) is 0.769. The summed E-state index contributed by atoms with van der Waals surface area (Å²) in [5.74, 6) is 0.372. The molecule has 1 rings (SSSR count). The van der Waals surface area contributed by atoms with Crippen molar-refractivity contribution in [2.75, 3.05) is 0 Å². The normalized spacial score (nSPS) is 11.1. The van der Waals surface area contributed by atoms with Crippen LogP contribution in [0.1, 0.15) is 128 Å². The summed E-state index contributed by atoms with van der Waals surface area (Å²) in [6.07, 6.45) is 26.9. The van der Waals surface area contributed by atoms with E-state index in [2.05, 4.69) is 6.92 Å². The van der Waals surface area contributed by atoms with E-state index in [1.165, 1.54) is 121 Å². The second-order valence-electron chi connectivity index (χ2n) is 8.43. The molecule has 1 nitrogen and oxygen atoms in total. The van der Waals surface area contributed by atoms with Crippen molar-refractivity contribution in [2.45, 2.75) is 129 Å². The molecule has 1 aromatic rings. The Morgan fingerprint density at radius 1 is 0.481 bits per heavy atom. The van der Waals surface area contributed by atoms with Gasteiger partial charge in [0, 0.05) is 0 Å². The Bertz CT molecular complexity index is 409. The molecule has 0 bridgehead atoms. The lowest BCUT2D eigenvalue weighted by molar-refractivity contribution is 0.475. The summed E-state index contributed by atoms with van der Waals surface area (Å²) in [7, 11) is 0. The van der Waals surface area contributed by atoms with Gasteiger partial charge in [-0.1, -0.05) is 128 Å². The zero-order valence-electron chi connectivity index (χ0n) is 18.2. The molecular formula is C26H46O. The Labute approximate surface area is 170 Å². The smallest absolute Gasteiger partial charge is 0.115 e. The number of benzene rings is 1. The van der Waals surface area contributed by atoms with Gasteiger partial charge in [0.1, 0.15) is 5.75 Å². The SMILES string of the molecule is CCCCCCCCCCCCCCCCCCCCc1ccc(O)cc1. The van der Waals surface area contributed by atoms with Gasteiger partial charge in [0.25, 0.3) is 0 Å². The third-order valence-corrected chi connectivity index (χ3v) is 5.76. The first kappa shape index (κ1) is 24.1. The molecule has 0 spiro atoms. The van der Waals surface area contributed by atoms with Crippen molar-refractivity contribution in [2.24, 2.45) is 0 Å². The monoisotopic (exact) mass is 374 g/mol. The summed E-state index contributed by atoms with van der Waals surface area (Å²) >= 11 is 0. The van der Waals surface area contributed by atoms with Crippen LogP contribution in [0.3, 0.4) is 0 Å². The standard InChI is InChI=1S/C26H46O/c1-2-3-4-5-6-7-8-9-10-11-12-13-14-15-16-17-18-19-20-25-21-23-26(27)24-22-25/h21-24,27H,2-20H2,1H3. The van der Waals surface area contributed by atoms with E-state index in [0.717, 1.165) is 6.42 Å². The first-order chi connectivity index (χ1) is 13.3. The molecule has 0 saturated heterocycles. The fourth-order valence-electron chi connectivity index (χ4n) is 3.89. The molecule has 0 saturated carbocycles. The maximum Gasteiger partial charge on any atom is 0.115 e. The summed E-state index contributed by atoms with van der Waals surface area (Å²) in [5.41, 5.74) is 1.35. The van der Waals surface area contributed by atoms with E-state index in [9.17, 15) is 5.11 Å². The second kappa shape index (κ2) is 18.4. The van der Waals surface area contributed by atoms with Crippen molar-refractivity contribution < 1.29 is 5.11 Å². The van der Waals surface area contributed by atoms with Gasteiger partial charge in [0.05, 0.1) is 0 Å². The molecule has 0 fully saturated rings. The van der Waals surface area contributed by atoms with Gasteiger partial charge >= 0.3 is 0 Å². The highest BCUT2D eigenvalue weighted by Crippen LogP contribution is 2.16. The molecule has 0 atom stereocenters. The van der Waals surface area contributed by atoms with Gasteiger partial charge < -0.3 is 5.11 Å². The maximum absolute atomic E-state index is 9.28. The third kappa shape index (κ3) is 15.7. The molecule has 0 aliphatic heterocycles. The summed E-state index contributed by atoms with van der Waals surface area (Å²) in [6.45, 7) is 2.29. The molecule has 27 heavy (non-hydrogen) atoms. The Morgan fingerprint density at radius 2 is 0.815 bits per heavy atom. The Hall–Kier alpha value is -0.980. The van der Waals surface area contributed by atoms with E-state index in [-0.39, 0.29) is 0 Å². The van der Waals surface area contributed by atoms with Gasteiger partial charge in [-0.3, -0.25) is 0 Å².